The number of nitrogens with zero attached hydrogens (tertiary/aromatic N) is 5. The maximum atomic E-state index is 11.8. The third kappa shape index (κ3) is 4.18. The van der Waals surface area contributed by atoms with Crippen molar-refractivity contribution in [2.45, 2.75) is 4.90 Å². The third-order valence-electron chi connectivity index (χ3n) is 5.70. The molecule has 0 aliphatic heterocycles. The maximum Gasteiger partial charge on any atom is 0.264 e. The Morgan fingerprint density at radius 3 is 1.94 bits per heavy atom. The summed E-state index contributed by atoms with van der Waals surface area (Å²) < 4.78 is 26.4. The first-order chi connectivity index (χ1) is 17.4. The van der Waals surface area contributed by atoms with Crippen LogP contribution in [0.3, 0.4) is 0 Å². The number of phenols is 2. The molecule has 176 valence electrons. The van der Waals surface area contributed by atoms with Gasteiger partial charge in [-0.1, -0.05) is 42.5 Å². The summed E-state index contributed by atoms with van der Waals surface area (Å²) >= 11 is 0. The third-order valence-corrected chi connectivity index (χ3v) is 6.85. The number of phenolic OH excluding ortho intramolecular Hbond substituents is 2. The van der Waals surface area contributed by atoms with Gasteiger partial charge in [0, 0.05) is 20.6 Å². The molecule has 5 aromatic rings. The van der Waals surface area contributed by atoms with E-state index in [1.54, 1.807) is 36.4 Å². The van der Waals surface area contributed by atoms with E-state index in [4.69, 9.17) is 5.53 Å². The van der Waals surface area contributed by atoms with Gasteiger partial charge in [0.25, 0.3) is 10.0 Å². The number of azo groups is 1. The van der Waals surface area contributed by atoms with Gasteiger partial charge in [-0.2, -0.15) is 10.2 Å². The molecule has 0 spiro atoms. The fraction of sp³-hybridized carbons (Fsp3) is 0. The highest BCUT2D eigenvalue weighted by atomic mass is 32.2. The van der Waals surface area contributed by atoms with Gasteiger partial charge in [0.2, 0.25) is 0 Å². The Labute approximate surface area is 205 Å². The van der Waals surface area contributed by atoms with Crippen LogP contribution in [0.2, 0.25) is 0 Å². The molecule has 10 heteroatoms. The number of azide groups is 1. The van der Waals surface area contributed by atoms with E-state index < -0.39 is 10.0 Å². The standard InChI is InChI=1S/C26H17N5O4S/c27-30-31-36(34,35)20-10-7-18(8-11-20)28-29-19-9-12-22-17(15-19)6-14-24(33)26(22)25-21-4-2-1-3-16(21)5-13-23(25)32/h1-15,32-33H. The molecule has 0 atom stereocenters. The molecule has 9 nitrogen and oxygen atoms in total. The van der Waals surface area contributed by atoms with Gasteiger partial charge >= 0.3 is 0 Å². The summed E-state index contributed by atoms with van der Waals surface area (Å²) in [5, 5.41) is 33.1. The monoisotopic (exact) mass is 495 g/mol. The zero-order valence-electron chi connectivity index (χ0n) is 18.5. The molecule has 5 rings (SSSR count). The van der Waals surface area contributed by atoms with Crippen molar-refractivity contribution >= 4 is 42.9 Å². The summed E-state index contributed by atoms with van der Waals surface area (Å²) in [5.74, 6) is 0.102. The van der Waals surface area contributed by atoms with Gasteiger partial charge in [-0.15, -0.1) is 0 Å². The second kappa shape index (κ2) is 9.03. The molecule has 0 fully saturated rings. The van der Waals surface area contributed by atoms with Crippen molar-refractivity contribution in [3.8, 4) is 22.6 Å². The first-order valence-corrected chi connectivity index (χ1v) is 12.1. The van der Waals surface area contributed by atoms with Crippen LogP contribution in [-0.4, -0.2) is 18.6 Å². The second-order valence-corrected chi connectivity index (χ2v) is 9.47. The van der Waals surface area contributed by atoms with Crippen molar-refractivity contribution in [1.29, 1.82) is 0 Å². The van der Waals surface area contributed by atoms with E-state index in [0.29, 0.717) is 22.5 Å². The summed E-state index contributed by atoms with van der Waals surface area (Å²) in [5.41, 5.74) is 10.4. The van der Waals surface area contributed by atoms with Crippen LogP contribution >= 0.6 is 0 Å². The zero-order chi connectivity index (χ0) is 25.3. The Hall–Kier alpha value is -4.92. The number of rotatable bonds is 5. The summed E-state index contributed by atoms with van der Waals surface area (Å²) in [6, 6.07) is 25.2. The van der Waals surface area contributed by atoms with Crippen LogP contribution in [0.1, 0.15) is 0 Å². The van der Waals surface area contributed by atoms with Crippen LogP contribution in [0.15, 0.2) is 111 Å². The molecule has 0 saturated heterocycles. The Bertz CT molecular complexity index is 1830. The lowest BCUT2D eigenvalue weighted by molar-refractivity contribution is 0.470. The van der Waals surface area contributed by atoms with Crippen LogP contribution in [0.25, 0.3) is 43.1 Å². The van der Waals surface area contributed by atoms with E-state index in [2.05, 4.69) is 19.7 Å². The zero-order valence-corrected chi connectivity index (χ0v) is 19.3. The number of hydrogen-bond donors (Lipinski definition) is 2. The predicted molar refractivity (Wildman–Crippen MR) is 137 cm³/mol. The molecular weight excluding hydrogens is 478 g/mol. The van der Waals surface area contributed by atoms with Crippen molar-refractivity contribution in [2.24, 2.45) is 14.7 Å². The van der Waals surface area contributed by atoms with Crippen molar-refractivity contribution in [3.05, 3.63) is 101 Å². The molecule has 0 bridgehead atoms. The molecule has 0 radical (unpaired) electrons. The minimum absolute atomic E-state index is 0.0410. The average Bonchev–Trinajstić information content (AvgIpc) is 2.88. The first-order valence-electron chi connectivity index (χ1n) is 10.7. The summed E-state index contributed by atoms with van der Waals surface area (Å²) in [6.07, 6.45) is 0. The topological polar surface area (TPSA) is 148 Å². The number of hydrogen-bond acceptors (Lipinski definition) is 6. The SMILES string of the molecule is [N-]=[N+]=NS(=O)(=O)c1ccc(N=Nc2ccc3c(-c4c(O)ccc5ccccc45)c(O)ccc3c2)cc1. The van der Waals surface area contributed by atoms with E-state index in [1.165, 1.54) is 24.3 Å². The highest BCUT2D eigenvalue weighted by Gasteiger charge is 2.17. The largest absolute Gasteiger partial charge is 0.507 e. The minimum atomic E-state index is -4.07. The quantitative estimate of drug-likeness (QED) is 0.148. The van der Waals surface area contributed by atoms with Crippen LogP contribution in [0, 0.1) is 0 Å². The van der Waals surface area contributed by atoms with Crippen molar-refractivity contribution in [1.82, 2.24) is 0 Å². The van der Waals surface area contributed by atoms with Crippen LogP contribution in [-0.2, 0) is 10.0 Å². The molecule has 0 saturated carbocycles. The van der Waals surface area contributed by atoms with E-state index in [0.717, 1.165) is 21.5 Å². The normalized spacial score (nSPS) is 11.7. The first kappa shape index (κ1) is 22.9. The molecule has 5 aromatic carbocycles. The van der Waals surface area contributed by atoms with Gasteiger partial charge in [0.15, 0.2) is 0 Å². The summed E-state index contributed by atoms with van der Waals surface area (Å²) in [7, 11) is -4.07. The number of benzene rings is 5. The highest BCUT2D eigenvalue weighted by molar-refractivity contribution is 7.90. The van der Waals surface area contributed by atoms with Gasteiger partial charge in [-0.05, 0) is 75.6 Å². The summed E-state index contributed by atoms with van der Waals surface area (Å²) in [6.45, 7) is 0. The summed E-state index contributed by atoms with van der Waals surface area (Å²) in [4.78, 5) is 2.18. The Kier molecular flexibility index (Phi) is 5.73. The Morgan fingerprint density at radius 1 is 0.667 bits per heavy atom. The predicted octanol–water partition coefficient (Wildman–Crippen LogP) is 7.49. The van der Waals surface area contributed by atoms with Crippen LogP contribution in [0.5, 0.6) is 11.5 Å². The van der Waals surface area contributed by atoms with Crippen molar-refractivity contribution in [3.63, 3.8) is 0 Å². The minimum Gasteiger partial charge on any atom is -0.507 e. The van der Waals surface area contributed by atoms with Gasteiger partial charge in [-0.3, -0.25) is 0 Å². The van der Waals surface area contributed by atoms with Gasteiger partial charge in [0.1, 0.15) is 11.5 Å². The Morgan fingerprint density at radius 2 is 1.25 bits per heavy atom. The number of aromatic hydroxyl groups is 2. The molecular formula is C26H17N5O4S. The highest BCUT2D eigenvalue weighted by Crippen LogP contribution is 2.45. The molecule has 36 heavy (non-hydrogen) atoms. The second-order valence-electron chi connectivity index (χ2n) is 7.89. The molecule has 0 unspecified atom stereocenters. The maximum absolute atomic E-state index is 11.8. The lowest BCUT2D eigenvalue weighted by atomic mass is 9.92. The molecule has 0 heterocycles. The fourth-order valence-corrected chi connectivity index (χ4v) is 4.72. The van der Waals surface area contributed by atoms with Crippen molar-refractivity contribution in [2.75, 3.05) is 0 Å². The van der Waals surface area contributed by atoms with E-state index in [9.17, 15) is 18.6 Å². The smallest absolute Gasteiger partial charge is 0.264 e. The van der Waals surface area contributed by atoms with E-state index in [-0.39, 0.29) is 16.4 Å². The number of fused-ring (bicyclic) bond motifs is 2. The van der Waals surface area contributed by atoms with Gasteiger partial charge < -0.3 is 10.2 Å². The average molecular weight is 496 g/mol. The fourth-order valence-electron chi connectivity index (χ4n) is 4.05. The molecule has 0 aliphatic carbocycles. The van der Waals surface area contributed by atoms with E-state index in [1.807, 2.05) is 30.3 Å². The van der Waals surface area contributed by atoms with Crippen LogP contribution in [0.4, 0.5) is 11.4 Å². The molecule has 2 N–H and O–H groups in total. The molecule has 0 amide bonds. The van der Waals surface area contributed by atoms with Gasteiger partial charge in [0.05, 0.1) is 16.3 Å². The molecule has 0 aliphatic rings. The van der Waals surface area contributed by atoms with Crippen LogP contribution < -0.4 is 0 Å². The lowest BCUT2D eigenvalue weighted by Crippen LogP contribution is -1.93. The van der Waals surface area contributed by atoms with Gasteiger partial charge in [-0.25, -0.2) is 8.42 Å². The van der Waals surface area contributed by atoms with E-state index >= 15 is 0 Å². The lowest BCUT2D eigenvalue weighted by Gasteiger charge is -2.14. The number of sulfonamides is 1. The Balaban J connectivity index is 1.54. The van der Waals surface area contributed by atoms with Crippen molar-refractivity contribution < 1.29 is 18.6 Å². The molecule has 0 aromatic heterocycles.